The van der Waals surface area contributed by atoms with Crippen LogP contribution in [0.5, 0.6) is 0 Å². The Bertz CT molecular complexity index is 531. The molecule has 2 rings (SSSR count). The maximum atomic E-state index is 11.0. The van der Waals surface area contributed by atoms with E-state index in [-0.39, 0.29) is 11.2 Å². The maximum Gasteiger partial charge on any atom is 0.327 e. The zero-order valence-corrected chi connectivity index (χ0v) is 6.42. The lowest BCUT2D eigenvalue weighted by Crippen LogP contribution is -2.13. The molecule has 0 saturated carbocycles. The maximum absolute atomic E-state index is 11.0. The third-order valence-electron chi connectivity index (χ3n) is 1.78. The second kappa shape index (κ2) is 2.10. The van der Waals surface area contributed by atoms with Gasteiger partial charge in [-0.05, 0) is 6.07 Å². The molecule has 0 aliphatic carbocycles. The fourth-order valence-corrected chi connectivity index (χ4v) is 1.13. The summed E-state index contributed by atoms with van der Waals surface area (Å²) in [6, 6.07) is 2.95. The van der Waals surface area contributed by atoms with Gasteiger partial charge in [0.15, 0.2) is 0 Å². The fourth-order valence-electron chi connectivity index (χ4n) is 1.13. The van der Waals surface area contributed by atoms with Crippen LogP contribution in [0.4, 0.5) is 0 Å². The molecule has 0 bridgehead atoms. The molecule has 2 N–H and O–H groups in total. The summed E-state index contributed by atoms with van der Waals surface area (Å²) in [7, 11) is 1.59. The molecule has 0 spiro atoms. The van der Waals surface area contributed by atoms with Crippen LogP contribution in [0.3, 0.4) is 0 Å². The fraction of sp³-hybridized carbons (Fsp3) is 0.143. The van der Waals surface area contributed by atoms with Crippen molar-refractivity contribution in [1.29, 1.82) is 0 Å². The Balaban J connectivity index is 3.08. The lowest BCUT2D eigenvalue weighted by atomic mass is 10.4. The van der Waals surface area contributed by atoms with Crippen molar-refractivity contribution in [2.45, 2.75) is 0 Å². The number of nitrogens with zero attached hydrogens (tertiary/aromatic N) is 1. The van der Waals surface area contributed by atoms with Gasteiger partial charge in [-0.15, -0.1) is 0 Å². The highest BCUT2D eigenvalue weighted by atomic mass is 16.1. The average Bonchev–Trinajstić information content (AvgIpc) is 2.31. The Labute approximate surface area is 66.7 Å². The van der Waals surface area contributed by atoms with Crippen molar-refractivity contribution in [1.82, 2.24) is 14.5 Å². The molecule has 0 atom stereocenters. The van der Waals surface area contributed by atoms with Gasteiger partial charge in [0, 0.05) is 13.1 Å². The van der Waals surface area contributed by atoms with Crippen molar-refractivity contribution >= 4 is 11.2 Å². The van der Waals surface area contributed by atoms with E-state index in [1.807, 2.05) is 0 Å². The second-order valence-electron chi connectivity index (χ2n) is 2.57. The zero-order valence-electron chi connectivity index (χ0n) is 6.42. The molecule has 2 heterocycles. The van der Waals surface area contributed by atoms with E-state index in [9.17, 15) is 9.59 Å². The van der Waals surface area contributed by atoms with Gasteiger partial charge in [0.25, 0.3) is 0 Å². The van der Waals surface area contributed by atoms with Crippen LogP contribution in [0.15, 0.2) is 21.7 Å². The normalized spacial score (nSPS) is 10.8. The summed E-state index contributed by atoms with van der Waals surface area (Å²) < 4.78 is 1.36. The number of rotatable bonds is 0. The molecule has 12 heavy (non-hydrogen) atoms. The third kappa shape index (κ3) is 0.795. The Morgan fingerprint density at radius 1 is 1.25 bits per heavy atom. The second-order valence-corrected chi connectivity index (χ2v) is 2.57. The van der Waals surface area contributed by atoms with Crippen molar-refractivity contribution in [3.63, 3.8) is 0 Å². The van der Waals surface area contributed by atoms with Gasteiger partial charge in [-0.1, -0.05) is 0 Å². The number of nitrogens with one attached hydrogen (secondary N) is 2. The highest BCUT2D eigenvalue weighted by Crippen LogP contribution is 1.99. The molecule has 62 valence electrons. The average molecular weight is 165 g/mol. The lowest BCUT2D eigenvalue weighted by molar-refractivity contribution is 0.876. The van der Waals surface area contributed by atoms with Gasteiger partial charge in [0.05, 0.1) is 5.52 Å². The Kier molecular flexibility index (Phi) is 1.21. The van der Waals surface area contributed by atoms with Crippen LogP contribution in [0.25, 0.3) is 11.2 Å². The van der Waals surface area contributed by atoms with Gasteiger partial charge in [0.2, 0.25) is 5.56 Å². The van der Waals surface area contributed by atoms with E-state index >= 15 is 0 Å². The molecule has 2 aromatic heterocycles. The van der Waals surface area contributed by atoms with Crippen molar-refractivity contribution in [2.75, 3.05) is 0 Å². The Hall–Kier alpha value is -1.78. The topological polar surface area (TPSA) is 70.7 Å². The molecule has 0 saturated heterocycles. The van der Waals surface area contributed by atoms with Crippen LogP contribution >= 0.6 is 0 Å². The quantitative estimate of drug-likeness (QED) is 0.555. The predicted octanol–water partition coefficient (Wildman–Crippen LogP) is -0.445. The van der Waals surface area contributed by atoms with Crippen LogP contribution in [-0.4, -0.2) is 14.5 Å². The highest BCUT2D eigenvalue weighted by molar-refractivity contribution is 5.69. The van der Waals surface area contributed by atoms with Gasteiger partial charge in [-0.2, -0.15) is 0 Å². The van der Waals surface area contributed by atoms with Crippen molar-refractivity contribution in [2.24, 2.45) is 7.05 Å². The first-order valence-electron chi connectivity index (χ1n) is 3.46. The molecular formula is C7H7N3O2. The van der Waals surface area contributed by atoms with Crippen LogP contribution in [0, 0.1) is 0 Å². The summed E-state index contributed by atoms with van der Waals surface area (Å²) in [6.45, 7) is 0. The number of aryl methyl sites for hydroxylation is 1. The van der Waals surface area contributed by atoms with E-state index in [1.165, 1.54) is 10.6 Å². The molecule has 5 heteroatoms. The summed E-state index contributed by atoms with van der Waals surface area (Å²) in [5.74, 6) is 0. The van der Waals surface area contributed by atoms with E-state index in [0.29, 0.717) is 11.2 Å². The minimum absolute atomic E-state index is 0.211. The Morgan fingerprint density at radius 2 is 2.00 bits per heavy atom. The molecule has 2 aromatic rings. The van der Waals surface area contributed by atoms with Crippen LogP contribution in [-0.2, 0) is 7.05 Å². The van der Waals surface area contributed by atoms with Crippen LogP contribution in [0.1, 0.15) is 0 Å². The first-order chi connectivity index (χ1) is 5.68. The predicted molar refractivity (Wildman–Crippen MR) is 44.2 cm³/mol. The van der Waals surface area contributed by atoms with Crippen molar-refractivity contribution in [3.05, 3.63) is 33.0 Å². The van der Waals surface area contributed by atoms with Gasteiger partial charge in [-0.25, -0.2) is 4.79 Å². The van der Waals surface area contributed by atoms with E-state index in [4.69, 9.17) is 0 Å². The SMILES string of the molecule is Cn1c(=O)[nH]c2ccc(=O)[nH]c21. The third-order valence-corrected chi connectivity index (χ3v) is 1.78. The molecule has 0 fully saturated rings. The summed E-state index contributed by atoms with van der Waals surface area (Å²) in [5, 5.41) is 0. The molecule has 0 aliphatic heterocycles. The number of hydrogen-bond donors (Lipinski definition) is 2. The number of imidazole rings is 1. The first-order valence-corrected chi connectivity index (χ1v) is 3.46. The number of aromatic nitrogens is 3. The summed E-state index contributed by atoms with van der Waals surface area (Å²) in [4.78, 5) is 27.0. The minimum Gasteiger partial charge on any atom is -0.307 e. The van der Waals surface area contributed by atoms with Crippen molar-refractivity contribution in [3.8, 4) is 0 Å². The molecule has 0 aliphatic rings. The molecule has 0 amide bonds. The van der Waals surface area contributed by atoms with Gasteiger partial charge in [0.1, 0.15) is 5.65 Å². The number of H-pyrrole nitrogens is 2. The van der Waals surface area contributed by atoms with E-state index in [0.717, 1.165) is 0 Å². The number of fused-ring (bicyclic) bond motifs is 1. The number of hydrogen-bond acceptors (Lipinski definition) is 2. The first kappa shape index (κ1) is 6.90. The minimum atomic E-state index is -0.230. The van der Waals surface area contributed by atoms with E-state index < -0.39 is 0 Å². The summed E-state index contributed by atoms with van der Waals surface area (Å²) in [6.07, 6.45) is 0. The van der Waals surface area contributed by atoms with E-state index in [1.54, 1.807) is 13.1 Å². The largest absolute Gasteiger partial charge is 0.327 e. The Morgan fingerprint density at radius 3 is 2.75 bits per heavy atom. The molecule has 0 radical (unpaired) electrons. The lowest BCUT2D eigenvalue weighted by Gasteiger charge is -1.90. The van der Waals surface area contributed by atoms with E-state index in [2.05, 4.69) is 9.97 Å². The summed E-state index contributed by atoms with van der Waals surface area (Å²) in [5.41, 5.74) is 0.721. The van der Waals surface area contributed by atoms with Crippen molar-refractivity contribution < 1.29 is 0 Å². The zero-order chi connectivity index (χ0) is 8.72. The smallest absolute Gasteiger partial charge is 0.307 e. The van der Waals surface area contributed by atoms with Crippen LogP contribution < -0.4 is 11.2 Å². The monoisotopic (exact) mass is 165 g/mol. The molecule has 0 unspecified atom stereocenters. The standard InChI is InChI=1S/C7H7N3O2/c1-10-6-4(8-7(10)12)2-3-5(11)9-6/h2-3H,1H3,(H,8,12)(H,9,11). The van der Waals surface area contributed by atoms with Gasteiger partial charge >= 0.3 is 5.69 Å². The highest BCUT2D eigenvalue weighted by Gasteiger charge is 2.01. The van der Waals surface area contributed by atoms with Gasteiger partial charge in [-0.3, -0.25) is 9.36 Å². The summed E-state index contributed by atoms with van der Waals surface area (Å²) >= 11 is 0. The van der Waals surface area contributed by atoms with Gasteiger partial charge < -0.3 is 9.97 Å². The van der Waals surface area contributed by atoms with Crippen LogP contribution in [0.2, 0.25) is 0 Å². The molecular weight excluding hydrogens is 158 g/mol. The molecule has 5 nitrogen and oxygen atoms in total. The number of pyridine rings is 1. The molecule has 0 aromatic carbocycles. The number of aromatic amines is 2.